The van der Waals surface area contributed by atoms with E-state index in [1.165, 1.54) is 11.9 Å². The first-order valence-corrected chi connectivity index (χ1v) is 13.3. The number of carboxylic acids is 1. The number of carbonyl (C=O) groups is 1. The molecule has 2 aromatic heterocycles. The smallest absolute Gasteiger partial charge is 0.311 e. The van der Waals surface area contributed by atoms with E-state index >= 15 is 0 Å². The van der Waals surface area contributed by atoms with Crippen LogP contribution < -0.4 is 9.62 Å². The SMILES string of the molecule is CC1(C(=O)O)CCCN(c2cccc(SNc3ccc(Cl)c(-c4ccccc4-c4ccccc4)n3)n2)C1. The number of nitrogens with one attached hydrogen (secondary N) is 1. The fourth-order valence-electron chi connectivity index (χ4n) is 4.60. The molecule has 0 aliphatic carbocycles. The van der Waals surface area contributed by atoms with Crippen molar-refractivity contribution in [1.82, 2.24) is 9.97 Å². The molecule has 1 unspecified atom stereocenters. The molecule has 0 amide bonds. The summed E-state index contributed by atoms with van der Waals surface area (Å²) in [5, 5.41) is 11.0. The van der Waals surface area contributed by atoms with Crippen LogP contribution in [-0.2, 0) is 4.79 Å². The van der Waals surface area contributed by atoms with Crippen LogP contribution in [0.2, 0.25) is 5.02 Å². The largest absolute Gasteiger partial charge is 0.481 e. The van der Waals surface area contributed by atoms with Crippen molar-refractivity contribution in [2.24, 2.45) is 5.41 Å². The van der Waals surface area contributed by atoms with Gasteiger partial charge in [-0.3, -0.25) is 4.79 Å². The quantitative estimate of drug-likeness (QED) is 0.243. The van der Waals surface area contributed by atoms with Crippen LogP contribution in [0.5, 0.6) is 0 Å². The maximum Gasteiger partial charge on any atom is 0.311 e. The molecule has 0 radical (unpaired) electrons. The summed E-state index contributed by atoms with van der Waals surface area (Å²) < 4.78 is 3.29. The highest BCUT2D eigenvalue weighted by Crippen LogP contribution is 2.36. The van der Waals surface area contributed by atoms with E-state index in [1.807, 2.05) is 66.7 Å². The lowest BCUT2D eigenvalue weighted by Gasteiger charge is -2.38. The van der Waals surface area contributed by atoms with Crippen molar-refractivity contribution in [3.63, 3.8) is 0 Å². The van der Waals surface area contributed by atoms with Crippen molar-refractivity contribution in [3.8, 4) is 22.4 Å². The lowest BCUT2D eigenvalue weighted by Crippen LogP contribution is -2.46. The summed E-state index contributed by atoms with van der Waals surface area (Å²) in [6, 6.07) is 27.8. The first-order chi connectivity index (χ1) is 17.9. The van der Waals surface area contributed by atoms with Crippen LogP contribution in [0.25, 0.3) is 22.4 Å². The van der Waals surface area contributed by atoms with Gasteiger partial charge in [-0.2, -0.15) is 0 Å². The number of carboxylic acid groups (broad SMARTS) is 1. The lowest BCUT2D eigenvalue weighted by molar-refractivity contribution is -0.148. The van der Waals surface area contributed by atoms with E-state index in [0.29, 0.717) is 29.5 Å². The summed E-state index contributed by atoms with van der Waals surface area (Å²) in [5.74, 6) is 0.680. The van der Waals surface area contributed by atoms with Crippen LogP contribution in [-0.4, -0.2) is 34.1 Å². The Morgan fingerprint density at radius 2 is 1.73 bits per heavy atom. The van der Waals surface area contributed by atoms with Crippen LogP contribution in [0, 0.1) is 5.41 Å². The fraction of sp³-hybridized carbons (Fsp3) is 0.207. The average molecular weight is 531 g/mol. The molecule has 2 aromatic carbocycles. The molecule has 188 valence electrons. The topological polar surface area (TPSA) is 78.4 Å². The maximum atomic E-state index is 11.8. The number of halogens is 1. The van der Waals surface area contributed by atoms with Crippen molar-refractivity contribution in [3.05, 3.63) is 90.0 Å². The van der Waals surface area contributed by atoms with Gasteiger partial charge in [-0.05, 0) is 55.2 Å². The molecule has 1 aliphatic heterocycles. The predicted octanol–water partition coefficient (Wildman–Crippen LogP) is 7.27. The second kappa shape index (κ2) is 10.8. The molecule has 37 heavy (non-hydrogen) atoms. The number of hydrogen-bond donors (Lipinski definition) is 2. The predicted molar refractivity (Wildman–Crippen MR) is 151 cm³/mol. The van der Waals surface area contributed by atoms with Gasteiger partial charge in [-0.1, -0.05) is 72.3 Å². The molecule has 6 nitrogen and oxygen atoms in total. The average Bonchev–Trinajstić information content (AvgIpc) is 2.93. The van der Waals surface area contributed by atoms with E-state index in [2.05, 4.69) is 27.8 Å². The summed E-state index contributed by atoms with van der Waals surface area (Å²) in [5.41, 5.74) is 3.06. The van der Waals surface area contributed by atoms with Gasteiger partial charge in [0.05, 0.1) is 16.1 Å². The zero-order chi connectivity index (χ0) is 25.8. The summed E-state index contributed by atoms with van der Waals surface area (Å²) in [7, 11) is 0. The molecule has 1 atom stereocenters. The van der Waals surface area contributed by atoms with E-state index in [0.717, 1.165) is 40.5 Å². The van der Waals surface area contributed by atoms with Crippen LogP contribution in [0.15, 0.2) is 90.0 Å². The number of rotatable bonds is 7. The van der Waals surface area contributed by atoms with Crippen molar-refractivity contribution in [2.45, 2.75) is 24.8 Å². The minimum atomic E-state index is -0.763. The third-order valence-electron chi connectivity index (χ3n) is 6.62. The van der Waals surface area contributed by atoms with Crippen molar-refractivity contribution in [2.75, 3.05) is 22.7 Å². The van der Waals surface area contributed by atoms with Gasteiger partial charge < -0.3 is 14.7 Å². The number of aromatic nitrogens is 2. The van der Waals surface area contributed by atoms with Gasteiger partial charge in [0, 0.05) is 30.6 Å². The zero-order valence-corrected chi connectivity index (χ0v) is 22.0. The molecule has 1 fully saturated rings. The normalized spacial score (nSPS) is 17.4. The molecule has 4 aromatic rings. The summed E-state index contributed by atoms with van der Waals surface area (Å²) in [4.78, 5) is 23.4. The van der Waals surface area contributed by atoms with E-state index in [1.54, 1.807) is 6.92 Å². The van der Waals surface area contributed by atoms with Gasteiger partial charge in [-0.15, -0.1) is 0 Å². The monoisotopic (exact) mass is 530 g/mol. The Morgan fingerprint density at radius 3 is 2.51 bits per heavy atom. The van der Waals surface area contributed by atoms with Crippen LogP contribution in [0.1, 0.15) is 19.8 Å². The van der Waals surface area contributed by atoms with Crippen molar-refractivity contribution in [1.29, 1.82) is 0 Å². The first kappa shape index (κ1) is 25.1. The molecule has 0 saturated carbocycles. The Bertz CT molecular complexity index is 1420. The third kappa shape index (κ3) is 5.58. The summed E-state index contributed by atoms with van der Waals surface area (Å²) in [6.45, 7) is 3.04. The number of pyridine rings is 2. The van der Waals surface area contributed by atoms with Crippen LogP contribution >= 0.6 is 23.5 Å². The third-order valence-corrected chi connectivity index (χ3v) is 7.67. The van der Waals surface area contributed by atoms with Gasteiger partial charge in [0.2, 0.25) is 0 Å². The molecule has 8 heteroatoms. The molecule has 0 spiro atoms. The molecule has 3 heterocycles. The lowest BCUT2D eigenvalue weighted by atomic mass is 9.82. The molecule has 1 aliphatic rings. The number of hydrogen-bond acceptors (Lipinski definition) is 6. The minimum absolute atomic E-state index is 0.444. The highest BCUT2D eigenvalue weighted by Gasteiger charge is 2.38. The van der Waals surface area contributed by atoms with Crippen LogP contribution in [0.4, 0.5) is 11.6 Å². The standard InChI is InChI=1S/C29H27ClN4O2S/c1-29(28(35)36)17-8-18-34(19-29)25-13-7-14-26(32-25)37-33-24-16-15-23(30)27(31-24)22-12-6-5-11-21(22)20-9-3-2-4-10-20/h2-7,9-16H,8,17-19H2,1H3,(H,31,33)(H,35,36). The second-order valence-electron chi connectivity index (χ2n) is 9.37. The first-order valence-electron chi connectivity index (χ1n) is 12.1. The Morgan fingerprint density at radius 1 is 0.973 bits per heavy atom. The summed E-state index contributed by atoms with van der Waals surface area (Å²) in [6.07, 6.45) is 1.49. The molecule has 0 bridgehead atoms. The highest BCUT2D eigenvalue weighted by molar-refractivity contribution is 8.00. The van der Waals surface area contributed by atoms with E-state index in [9.17, 15) is 9.90 Å². The van der Waals surface area contributed by atoms with E-state index < -0.39 is 11.4 Å². The molecule has 5 rings (SSSR count). The molecular weight excluding hydrogens is 504 g/mol. The minimum Gasteiger partial charge on any atom is -0.481 e. The number of nitrogens with zero attached hydrogens (tertiary/aromatic N) is 3. The van der Waals surface area contributed by atoms with Crippen molar-refractivity contribution < 1.29 is 9.90 Å². The van der Waals surface area contributed by atoms with Gasteiger partial charge in [0.15, 0.2) is 0 Å². The fourth-order valence-corrected chi connectivity index (χ4v) is 5.41. The number of benzene rings is 2. The van der Waals surface area contributed by atoms with E-state index in [-0.39, 0.29) is 0 Å². The Balaban J connectivity index is 1.35. The molecule has 1 saturated heterocycles. The highest BCUT2D eigenvalue weighted by atomic mass is 35.5. The maximum absolute atomic E-state index is 11.8. The number of anilines is 2. The van der Waals surface area contributed by atoms with Crippen molar-refractivity contribution >= 4 is 41.2 Å². The number of aliphatic carboxylic acids is 1. The van der Waals surface area contributed by atoms with E-state index in [4.69, 9.17) is 21.6 Å². The number of piperidine rings is 1. The zero-order valence-electron chi connectivity index (χ0n) is 20.4. The van der Waals surface area contributed by atoms with Gasteiger partial charge in [0.1, 0.15) is 16.7 Å². The van der Waals surface area contributed by atoms with Gasteiger partial charge in [-0.25, -0.2) is 9.97 Å². The molecule has 2 N–H and O–H groups in total. The Kier molecular flexibility index (Phi) is 7.35. The van der Waals surface area contributed by atoms with Crippen LogP contribution in [0.3, 0.4) is 0 Å². The Hall–Kier alpha value is -3.55. The Labute approximate surface area is 225 Å². The van der Waals surface area contributed by atoms with Gasteiger partial charge in [0.25, 0.3) is 0 Å². The molecular formula is C29H27ClN4O2S. The second-order valence-corrected chi connectivity index (χ2v) is 10.6. The van der Waals surface area contributed by atoms with Gasteiger partial charge >= 0.3 is 5.97 Å². The summed E-state index contributed by atoms with van der Waals surface area (Å²) >= 11 is 7.96.